The number of fused-ring (bicyclic) bond motifs is 2. The van der Waals surface area contributed by atoms with E-state index in [1.807, 2.05) is 58.9 Å². The molecule has 230 valence electrons. The van der Waals surface area contributed by atoms with E-state index < -0.39 is 52.6 Å². The van der Waals surface area contributed by atoms with Crippen molar-refractivity contribution in [1.29, 1.82) is 0 Å². The smallest absolute Gasteiger partial charge is 0.165 e. The first-order chi connectivity index (χ1) is 19.3. The van der Waals surface area contributed by atoms with Crippen molar-refractivity contribution in [3.63, 3.8) is 0 Å². The van der Waals surface area contributed by atoms with Crippen LogP contribution in [0.5, 0.6) is 5.75 Å². The Labute approximate surface area is 244 Å². The van der Waals surface area contributed by atoms with Crippen LogP contribution in [0, 0.1) is 23.2 Å². The van der Waals surface area contributed by atoms with Crippen molar-refractivity contribution in [3.05, 3.63) is 42.5 Å². The number of Topliss-reactive ketones (excluding diaryl/α,β-unsaturated/α-hetero) is 1. The highest BCUT2D eigenvalue weighted by Gasteiger charge is 2.65. The summed E-state index contributed by atoms with van der Waals surface area (Å²) in [6, 6.07) is 7.57. The van der Waals surface area contributed by atoms with E-state index in [0.717, 1.165) is 11.3 Å². The number of aliphatic hydroxyl groups is 2. The summed E-state index contributed by atoms with van der Waals surface area (Å²) in [6.45, 7) is 13.7. The molecule has 1 aromatic rings. The third kappa shape index (κ3) is 5.75. The number of hydrogen-bond acceptors (Lipinski definition) is 9. The molecule has 1 aliphatic heterocycles. The fourth-order valence-corrected chi connectivity index (χ4v) is 7.39. The Morgan fingerprint density at radius 2 is 1.83 bits per heavy atom. The molecule has 2 bridgehead atoms. The molecule has 1 aromatic carbocycles. The van der Waals surface area contributed by atoms with Gasteiger partial charge in [0.05, 0.1) is 32.5 Å². The van der Waals surface area contributed by atoms with Gasteiger partial charge in [0.1, 0.15) is 29.8 Å². The zero-order chi connectivity index (χ0) is 30.2. The van der Waals surface area contributed by atoms with Crippen molar-refractivity contribution in [1.82, 2.24) is 0 Å². The maximum atomic E-state index is 14.1. The molecule has 41 heavy (non-hydrogen) atoms. The van der Waals surface area contributed by atoms with E-state index in [9.17, 15) is 15.0 Å². The molecule has 2 N–H and O–H groups in total. The minimum Gasteiger partial charge on any atom is -0.497 e. The summed E-state index contributed by atoms with van der Waals surface area (Å²) in [6.07, 6.45) is 0.139. The van der Waals surface area contributed by atoms with E-state index in [-0.39, 0.29) is 38.1 Å². The summed E-state index contributed by atoms with van der Waals surface area (Å²) in [5, 5.41) is 23.9. The number of hydrogen-bond donors (Lipinski definition) is 2. The van der Waals surface area contributed by atoms with Gasteiger partial charge in [-0.25, -0.2) is 0 Å². The second-order valence-electron chi connectivity index (χ2n) is 12.9. The normalized spacial score (nSPS) is 37.2. The summed E-state index contributed by atoms with van der Waals surface area (Å²) in [4.78, 5) is 14.1. The molecule has 4 rings (SSSR count). The molecule has 0 amide bonds. The van der Waals surface area contributed by atoms with Crippen molar-refractivity contribution >= 4 is 5.78 Å². The molecule has 8 atom stereocenters. The number of carbonyl (C=O) groups is 1. The van der Waals surface area contributed by atoms with E-state index in [1.54, 1.807) is 13.2 Å². The Bertz CT molecular complexity index is 1070. The van der Waals surface area contributed by atoms with Crippen LogP contribution in [-0.4, -0.2) is 78.9 Å². The molecule has 3 aliphatic rings. The van der Waals surface area contributed by atoms with Gasteiger partial charge in [-0.3, -0.25) is 4.79 Å². The van der Waals surface area contributed by atoms with Crippen LogP contribution in [0.1, 0.15) is 59.4 Å². The van der Waals surface area contributed by atoms with Gasteiger partial charge >= 0.3 is 0 Å². The maximum Gasteiger partial charge on any atom is 0.165 e. The van der Waals surface area contributed by atoms with Gasteiger partial charge in [-0.15, -0.1) is 6.58 Å². The van der Waals surface area contributed by atoms with Crippen molar-refractivity contribution in [3.8, 4) is 5.75 Å². The van der Waals surface area contributed by atoms with Crippen LogP contribution in [0.4, 0.5) is 0 Å². The second kappa shape index (κ2) is 12.0. The summed E-state index contributed by atoms with van der Waals surface area (Å²) in [5.74, 6) is -1.86. The van der Waals surface area contributed by atoms with E-state index in [0.29, 0.717) is 12.8 Å². The van der Waals surface area contributed by atoms with Gasteiger partial charge in [0, 0.05) is 24.9 Å². The van der Waals surface area contributed by atoms with Crippen LogP contribution in [-0.2, 0) is 35.1 Å². The topological polar surface area (TPSA) is 113 Å². The van der Waals surface area contributed by atoms with E-state index >= 15 is 0 Å². The fraction of sp³-hybridized carbons (Fsp3) is 0.719. The Morgan fingerprint density at radius 3 is 2.39 bits per heavy atom. The first kappa shape index (κ1) is 32.1. The molecule has 3 fully saturated rings. The average Bonchev–Trinajstić information content (AvgIpc) is 3.40. The number of ketones is 1. The van der Waals surface area contributed by atoms with Crippen LogP contribution >= 0.6 is 0 Å². The highest BCUT2D eigenvalue weighted by atomic mass is 16.8. The highest BCUT2D eigenvalue weighted by molar-refractivity contribution is 5.89. The molecule has 1 heterocycles. The number of ether oxygens (including phenoxy) is 6. The monoisotopic (exact) mass is 576 g/mol. The first-order valence-corrected chi connectivity index (χ1v) is 14.5. The average molecular weight is 577 g/mol. The van der Waals surface area contributed by atoms with Gasteiger partial charge in [0.2, 0.25) is 0 Å². The molecular weight excluding hydrogens is 528 g/mol. The van der Waals surface area contributed by atoms with Crippen molar-refractivity contribution in [2.24, 2.45) is 23.2 Å². The molecule has 0 unspecified atom stereocenters. The molecule has 0 radical (unpaired) electrons. The summed E-state index contributed by atoms with van der Waals surface area (Å²) < 4.78 is 35.9. The lowest BCUT2D eigenvalue weighted by Crippen LogP contribution is -2.58. The van der Waals surface area contributed by atoms with E-state index in [4.69, 9.17) is 28.4 Å². The SMILES string of the molecule is C=C[C@@H](OCc1ccc(OC)cc1)[C@]1([C@H]2CC(=O)[C@]3(O)CC[C@H]([C@@H](OCOC)[C@H](O)[C@@H]2C)C3(C)C)COC(C)(C)O1. The molecule has 9 nitrogen and oxygen atoms in total. The molecule has 9 heteroatoms. The van der Waals surface area contributed by atoms with Crippen molar-refractivity contribution in [2.75, 3.05) is 27.6 Å². The highest BCUT2D eigenvalue weighted by Crippen LogP contribution is 2.57. The number of aliphatic hydroxyl groups excluding tert-OH is 1. The largest absolute Gasteiger partial charge is 0.497 e. The predicted octanol–water partition coefficient (Wildman–Crippen LogP) is 4.03. The summed E-state index contributed by atoms with van der Waals surface area (Å²) >= 11 is 0. The number of benzene rings is 1. The molecule has 2 saturated carbocycles. The van der Waals surface area contributed by atoms with Crippen LogP contribution < -0.4 is 4.74 Å². The second-order valence-corrected chi connectivity index (χ2v) is 12.9. The van der Waals surface area contributed by atoms with E-state index in [2.05, 4.69) is 6.58 Å². The molecule has 1 saturated heterocycles. The Kier molecular flexibility index (Phi) is 9.41. The summed E-state index contributed by atoms with van der Waals surface area (Å²) in [5.41, 5.74) is -2.67. The minimum atomic E-state index is -1.59. The predicted molar refractivity (Wildman–Crippen MR) is 152 cm³/mol. The fourth-order valence-electron chi connectivity index (χ4n) is 7.39. The third-order valence-corrected chi connectivity index (χ3v) is 9.95. The van der Waals surface area contributed by atoms with Gasteiger partial charge in [-0.2, -0.15) is 0 Å². The third-order valence-electron chi connectivity index (χ3n) is 9.95. The van der Waals surface area contributed by atoms with Crippen LogP contribution in [0.15, 0.2) is 36.9 Å². The molecular formula is C32H48O9. The molecule has 2 aliphatic carbocycles. The quantitative estimate of drug-likeness (QED) is 0.315. The van der Waals surface area contributed by atoms with Gasteiger partial charge < -0.3 is 38.6 Å². The van der Waals surface area contributed by atoms with Gasteiger partial charge in [-0.05, 0) is 56.2 Å². The van der Waals surface area contributed by atoms with E-state index in [1.165, 1.54) is 7.11 Å². The lowest BCUT2D eigenvalue weighted by Gasteiger charge is -2.46. The number of rotatable bonds is 10. The Morgan fingerprint density at radius 1 is 1.15 bits per heavy atom. The standard InChI is InChI=1S/C32H48O9/c1-9-26(38-17-21-10-12-22(37-8)13-11-21)31(18-40-30(5,6)41-31)24-16-25(33)32(35)15-14-23(29(32,3)4)28(39-19-36-7)27(34)20(24)2/h9-13,20,23-24,26-28,34-35H,1,14-19H2,2-8H3/t20-,23-,24+,26-,27-,28-,31-,32-/m1/s1. The summed E-state index contributed by atoms with van der Waals surface area (Å²) in [7, 11) is 3.15. The Hall–Kier alpha value is -1.85. The van der Waals surface area contributed by atoms with Gasteiger partial charge in [0.25, 0.3) is 0 Å². The molecule has 0 spiro atoms. The minimum absolute atomic E-state index is 0.0177. The number of carbonyl (C=O) groups excluding carboxylic acids is 1. The van der Waals surface area contributed by atoms with Crippen LogP contribution in [0.25, 0.3) is 0 Å². The van der Waals surface area contributed by atoms with Crippen LogP contribution in [0.2, 0.25) is 0 Å². The van der Waals surface area contributed by atoms with Crippen molar-refractivity contribution in [2.45, 2.75) is 95.8 Å². The zero-order valence-electron chi connectivity index (χ0n) is 25.6. The lowest BCUT2D eigenvalue weighted by atomic mass is 9.67. The Balaban J connectivity index is 1.75. The molecule has 0 aromatic heterocycles. The number of methoxy groups -OCH3 is 2. The van der Waals surface area contributed by atoms with Gasteiger partial charge in [0.15, 0.2) is 11.6 Å². The van der Waals surface area contributed by atoms with Crippen molar-refractivity contribution < 1.29 is 43.4 Å². The lowest BCUT2D eigenvalue weighted by molar-refractivity contribution is -0.219. The van der Waals surface area contributed by atoms with Gasteiger partial charge in [-0.1, -0.05) is 39.0 Å². The first-order valence-electron chi connectivity index (χ1n) is 14.5. The zero-order valence-corrected chi connectivity index (χ0v) is 25.6. The van der Waals surface area contributed by atoms with Crippen LogP contribution in [0.3, 0.4) is 0 Å². The maximum absolute atomic E-state index is 14.1.